The number of hydrogen-bond donors (Lipinski definition) is 1. The van der Waals surface area contributed by atoms with Crippen molar-refractivity contribution in [1.29, 1.82) is 0 Å². The summed E-state index contributed by atoms with van der Waals surface area (Å²) in [5.41, 5.74) is 2.12. The molecule has 0 bridgehead atoms. The van der Waals surface area contributed by atoms with Crippen molar-refractivity contribution in [3.63, 3.8) is 0 Å². The molecule has 136 valence electrons. The van der Waals surface area contributed by atoms with Gasteiger partial charge in [-0.1, -0.05) is 40.4 Å². The highest BCUT2D eigenvalue weighted by Crippen LogP contribution is 2.47. The number of thiophene rings is 1. The molecule has 1 N–H and O–H groups in total. The molecule has 0 radical (unpaired) electrons. The van der Waals surface area contributed by atoms with Crippen molar-refractivity contribution in [2.24, 2.45) is 0 Å². The minimum Gasteiger partial charge on any atom is -0.326 e. The van der Waals surface area contributed by atoms with E-state index in [-0.39, 0.29) is 11.7 Å². The Kier molecular flexibility index (Phi) is 4.03. The quantitative estimate of drug-likeness (QED) is 0.666. The molecule has 0 amide bonds. The first kappa shape index (κ1) is 16.9. The Morgan fingerprint density at radius 2 is 1.96 bits per heavy atom. The van der Waals surface area contributed by atoms with Crippen LogP contribution in [0.1, 0.15) is 35.2 Å². The number of hydrogen-bond acceptors (Lipinski definition) is 6. The van der Waals surface area contributed by atoms with Gasteiger partial charge in [-0.05, 0) is 40.4 Å². The number of benzene rings is 1. The minimum absolute atomic E-state index is 0.0595. The number of tetrazole rings is 1. The highest BCUT2D eigenvalue weighted by molar-refractivity contribution is 7.10. The van der Waals surface area contributed by atoms with E-state index >= 15 is 0 Å². The van der Waals surface area contributed by atoms with Crippen molar-refractivity contribution in [2.75, 3.05) is 5.32 Å². The van der Waals surface area contributed by atoms with Gasteiger partial charge in [0.05, 0.1) is 0 Å². The van der Waals surface area contributed by atoms with E-state index in [0.29, 0.717) is 40.0 Å². The van der Waals surface area contributed by atoms with E-state index in [0.717, 1.165) is 5.70 Å². The van der Waals surface area contributed by atoms with Crippen LogP contribution in [0.2, 0.25) is 10.0 Å². The summed E-state index contributed by atoms with van der Waals surface area (Å²) in [6, 6.07) is 8.84. The molecule has 6 nitrogen and oxygen atoms in total. The highest BCUT2D eigenvalue weighted by Gasteiger charge is 2.41. The van der Waals surface area contributed by atoms with Crippen LogP contribution in [0.3, 0.4) is 0 Å². The van der Waals surface area contributed by atoms with Crippen molar-refractivity contribution in [2.45, 2.75) is 24.8 Å². The lowest BCUT2D eigenvalue weighted by atomic mass is 9.80. The van der Waals surface area contributed by atoms with E-state index < -0.39 is 6.04 Å². The second-order valence-corrected chi connectivity index (χ2v) is 8.34. The summed E-state index contributed by atoms with van der Waals surface area (Å²) >= 11 is 14.6. The van der Waals surface area contributed by atoms with Crippen LogP contribution in [0.25, 0.3) is 0 Å². The lowest BCUT2D eigenvalue weighted by Crippen LogP contribution is -2.33. The van der Waals surface area contributed by atoms with E-state index in [9.17, 15) is 4.79 Å². The van der Waals surface area contributed by atoms with Crippen LogP contribution in [0, 0.1) is 0 Å². The van der Waals surface area contributed by atoms with E-state index in [2.05, 4.69) is 26.9 Å². The Hall–Kier alpha value is -2.22. The van der Waals surface area contributed by atoms with Gasteiger partial charge in [-0.2, -0.15) is 4.68 Å². The number of rotatable bonds is 2. The van der Waals surface area contributed by atoms with Gasteiger partial charge < -0.3 is 5.32 Å². The fourth-order valence-corrected chi connectivity index (χ4v) is 5.27. The SMILES string of the molecule is O=C1C[C@H](c2cccs2)CC2=C1[C@H](c1c(Cl)cccc1Cl)n1nnnc1N2. The standard InChI is InChI=1S/C18H13Cl2N5OS/c19-10-3-1-4-11(20)15(10)17-16-12(21-18-22-23-24-25(17)18)7-9(8-13(16)26)14-5-2-6-27-14/h1-6,9,17H,7-8H2,(H,21,22,24)/t9-,17+/m1/s1. The topological polar surface area (TPSA) is 72.7 Å². The van der Waals surface area contributed by atoms with Gasteiger partial charge >= 0.3 is 0 Å². The number of anilines is 1. The van der Waals surface area contributed by atoms with Crippen LogP contribution in [0.15, 0.2) is 47.0 Å². The van der Waals surface area contributed by atoms with E-state index in [4.69, 9.17) is 23.2 Å². The Labute approximate surface area is 168 Å². The summed E-state index contributed by atoms with van der Waals surface area (Å²) in [4.78, 5) is 14.4. The predicted molar refractivity (Wildman–Crippen MR) is 104 cm³/mol. The van der Waals surface area contributed by atoms with Gasteiger partial charge in [-0.25, -0.2) is 0 Å². The fourth-order valence-electron chi connectivity index (χ4n) is 3.84. The first-order chi connectivity index (χ1) is 13.1. The number of fused-ring (bicyclic) bond motifs is 1. The van der Waals surface area contributed by atoms with Gasteiger partial charge in [0.25, 0.3) is 0 Å². The lowest BCUT2D eigenvalue weighted by molar-refractivity contribution is -0.116. The zero-order valence-electron chi connectivity index (χ0n) is 13.9. The average molecular weight is 418 g/mol. The molecular formula is C18H13Cl2N5OS. The average Bonchev–Trinajstić information content (AvgIpc) is 3.32. The Bertz CT molecular complexity index is 1060. The van der Waals surface area contributed by atoms with Crippen molar-refractivity contribution in [1.82, 2.24) is 20.2 Å². The van der Waals surface area contributed by atoms with Crippen molar-refractivity contribution >= 4 is 46.3 Å². The number of ketones is 1. The van der Waals surface area contributed by atoms with E-state index in [1.54, 1.807) is 34.2 Å². The second kappa shape index (κ2) is 6.44. The Balaban J connectivity index is 1.67. The Morgan fingerprint density at radius 1 is 1.15 bits per heavy atom. The molecule has 27 heavy (non-hydrogen) atoms. The summed E-state index contributed by atoms with van der Waals surface area (Å²) in [5, 5.41) is 18.2. The normalized spacial score (nSPS) is 21.6. The Morgan fingerprint density at radius 3 is 2.70 bits per heavy atom. The third-order valence-corrected chi connectivity index (χ3v) is 6.69. The van der Waals surface area contributed by atoms with Crippen LogP contribution < -0.4 is 5.32 Å². The van der Waals surface area contributed by atoms with Gasteiger partial charge in [-0.3, -0.25) is 4.79 Å². The fraction of sp³-hybridized carbons (Fsp3) is 0.222. The molecule has 2 aromatic heterocycles. The summed E-state index contributed by atoms with van der Waals surface area (Å²) in [5.74, 6) is 0.687. The zero-order valence-corrected chi connectivity index (χ0v) is 16.2. The summed E-state index contributed by atoms with van der Waals surface area (Å²) < 4.78 is 1.58. The molecule has 0 unspecified atom stereocenters. The number of Topliss-reactive ketones (excluding diaryl/α,β-unsaturated/α-hetero) is 1. The summed E-state index contributed by atoms with van der Waals surface area (Å²) in [7, 11) is 0. The number of nitrogens with one attached hydrogen (secondary N) is 1. The van der Waals surface area contributed by atoms with Gasteiger partial charge in [0.15, 0.2) is 5.78 Å². The van der Waals surface area contributed by atoms with Crippen LogP contribution >= 0.6 is 34.5 Å². The number of halogens is 2. The molecule has 3 aromatic rings. The van der Waals surface area contributed by atoms with E-state index in [1.165, 1.54) is 4.88 Å². The van der Waals surface area contributed by atoms with Crippen molar-refractivity contribution in [3.8, 4) is 0 Å². The van der Waals surface area contributed by atoms with Crippen molar-refractivity contribution in [3.05, 3.63) is 67.5 Å². The molecule has 0 fully saturated rings. The molecule has 0 spiro atoms. The first-order valence-electron chi connectivity index (χ1n) is 8.42. The molecule has 5 rings (SSSR count). The molecule has 9 heteroatoms. The largest absolute Gasteiger partial charge is 0.326 e. The maximum absolute atomic E-state index is 13.2. The molecule has 2 aliphatic rings. The predicted octanol–water partition coefficient (Wildman–Crippen LogP) is 4.46. The smallest absolute Gasteiger partial charge is 0.248 e. The molecule has 1 aliphatic heterocycles. The molecular weight excluding hydrogens is 405 g/mol. The van der Waals surface area contributed by atoms with Gasteiger partial charge in [0.1, 0.15) is 6.04 Å². The molecule has 2 atom stereocenters. The number of nitrogens with zero attached hydrogens (tertiary/aromatic N) is 4. The number of carbonyl (C=O) groups excluding carboxylic acids is 1. The molecule has 0 saturated heterocycles. The highest BCUT2D eigenvalue weighted by atomic mass is 35.5. The van der Waals surface area contributed by atoms with Gasteiger partial charge in [0, 0.05) is 44.1 Å². The van der Waals surface area contributed by atoms with Crippen LogP contribution in [-0.2, 0) is 4.79 Å². The van der Waals surface area contributed by atoms with Gasteiger partial charge in [0.2, 0.25) is 5.95 Å². The minimum atomic E-state index is -0.538. The third kappa shape index (κ3) is 2.69. The number of carbonyl (C=O) groups is 1. The molecule has 1 aromatic carbocycles. The number of aromatic nitrogens is 4. The summed E-state index contributed by atoms with van der Waals surface area (Å²) in [6.45, 7) is 0. The van der Waals surface area contributed by atoms with Crippen LogP contribution in [0.5, 0.6) is 0 Å². The van der Waals surface area contributed by atoms with Crippen LogP contribution in [-0.4, -0.2) is 26.0 Å². The zero-order chi connectivity index (χ0) is 18.5. The number of allylic oxidation sites excluding steroid dienone is 2. The maximum atomic E-state index is 13.2. The summed E-state index contributed by atoms with van der Waals surface area (Å²) in [6.07, 6.45) is 1.16. The van der Waals surface area contributed by atoms with Crippen LogP contribution in [0.4, 0.5) is 5.95 Å². The third-order valence-electron chi connectivity index (χ3n) is 5.00. The molecule has 1 aliphatic carbocycles. The van der Waals surface area contributed by atoms with Gasteiger partial charge in [-0.15, -0.1) is 11.3 Å². The monoisotopic (exact) mass is 417 g/mol. The molecule has 0 saturated carbocycles. The first-order valence-corrected chi connectivity index (χ1v) is 10.1. The second-order valence-electron chi connectivity index (χ2n) is 6.55. The van der Waals surface area contributed by atoms with Crippen molar-refractivity contribution < 1.29 is 4.79 Å². The molecule has 3 heterocycles. The lowest BCUT2D eigenvalue weighted by Gasteiger charge is -2.34. The van der Waals surface area contributed by atoms with E-state index in [1.807, 2.05) is 11.4 Å². The maximum Gasteiger partial charge on any atom is 0.248 e.